The minimum atomic E-state index is -1.14. The molecule has 44 heavy (non-hydrogen) atoms. The number of carbonyl (C=O) groups excluding carboxylic acids is 1. The van der Waals surface area contributed by atoms with Crippen LogP contribution >= 0.6 is 11.6 Å². The molecule has 3 aromatic carbocycles. The van der Waals surface area contributed by atoms with Crippen LogP contribution in [0.25, 0.3) is 22.5 Å². The Morgan fingerprint density at radius 3 is 2.36 bits per heavy atom. The maximum absolute atomic E-state index is 14.7. The van der Waals surface area contributed by atoms with Gasteiger partial charge >= 0.3 is 18.1 Å². The number of aromatic nitrogens is 4. The molecule has 13 heteroatoms. The van der Waals surface area contributed by atoms with E-state index in [-0.39, 0.29) is 48.0 Å². The SMILES string of the molecule is O=C(O)CC(Cc1nc(-c2ccc(Oc3ncc(Cl)cn3)c(F)c2)no1)NC(=O)OCC1c2ccccc2-c2ccccc21. The van der Waals surface area contributed by atoms with Crippen LogP contribution in [0.1, 0.15) is 29.4 Å². The number of hydrogen-bond acceptors (Lipinski definition) is 9. The fourth-order valence-electron chi connectivity index (χ4n) is 5.03. The number of benzene rings is 3. The van der Waals surface area contributed by atoms with Gasteiger partial charge in [-0.15, -0.1) is 0 Å². The first kappa shape index (κ1) is 28.7. The molecule has 222 valence electrons. The fraction of sp³-hybridized carbons (Fsp3) is 0.161. The van der Waals surface area contributed by atoms with Crippen molar-refractivity contribution in [1.82, 2.24) is 25.4 Å². The van der Waals surface area contributed by atoms with Gasteiger partial charge in [-0.05, 0) is 40.5 Å². The van der Waals surface area contributed by atoms with Gasteiger partial charge in [0.25, 0.3) is 0 Å². The minimum absolute atomic E-state index is 0.0421. The quantitative estimate of drug-likeness (QED) is 0.190. The molecule has 0 spiro atoms. The van der Waals surface area contributed by atoms with Gasteiger partial charge in [-0.3, -0.25) is 4.79 Å². The Hall–Kier alpha value is -5.36. The summed E-state index contributed by atoms with van der Waals surface area (Å²) in [4.78, 5) is 36.3. The molecule has 0 saturated heterocycles. The van der Waals surface area contributed by atoms with Gasteiger partial charge in [0.15, 0.2) is 11.6 Å². The maximum atomic E-state index is 14.7. The third-order valence-corrected chi connectivity index (χ3v) is 7.16. The Kier molecular flexibility index (Phi) is 8.15. The third-order valence-electron chi connectivity index (χ3n) is 6.96. The van der Waals surface area contributed by atoms with E-state index >= 15 is 0 Å². The van der Waals surface area contributed by atoms with Crippen LogP contribution in [0.3, 0.4) is 0 Å². The van der Waals surface area contributed by atoms with Gasteiger partial charge in [-0.1, -0.05) is 65.3 Å². The monoisotopic (exact) mass is 615 g/mol. The van der Waals surface area contributed by atoms with Crippen molar-refractivity contribution < 1.29 is 33.1 Å². The van der Waals surface area contributed by atoms with Gasteiger partial charge in [-0.2, -0.15) is 4.98 Å². The summed E-state index contributed by atoms with van der Waals surface area (Å²) in [6.45, 7) is 0.0692. The van der Waals surface area contributed by atoms with Gasteiger partial charge in [0.1, 0.15) is 6.61 Å². The number of rotatable bonds is 10. The molecule has 0 saturated carbocycles. The molecule has 1 aliphatic rings. The molecule has 1 amide bonds. The Labute approximate surface area is 254 Å². The van der Waals surface area contributed by atoms with Gasteiger partial charge in [0.2, 0.25) is 11.7 Å². The van der Waals surface area contributed by atoms with Crippen LogP contribution in [-0.2, 0) is 16.0 Å². The van der Waals surface area contributed by atoms with Gasteiger partial charge in [0.05, 0.1) is 29.9 Å². The van der Waals surface area contributed by atoms with E-state index in [1.165, 1.54) is 24.5 Å². The van der Waals surface area contributed by atoms with Crippen LogP contribution in [0.15, 0.2) is 83.6 Å². The smallest absolute Gasteiger partial charge is 0.407 e. The average Bonchev–Trinajstić information content (AvgIpc) is 3.60. The van der Waals surface area contributed by atoms with Crippen molar-refractivity contribution in [2.75, 3.05) is 6.61 Å². The fourth-order valence-corrected chi connectivity index (χ4v) is 5.13. The third kappa shape index (κ3) is 6.35. The number of amides is 1. The van der Waals surface area contributed by atoms with Gasteiger partial charge in [-0.25, -0.2) is 19.2 Å². The van der Waals surface area contributed by atoms with Crippen LogP contribution in [0.4, 0.5) is 9.18 Å². The number of aliphatic carboxylic acids is 1. The van der Waals surface area contributed by atoms with E-state index in [0.717, 1.165) is 28.3 Å². The molecule has 1 unspecified atom stereocenters. The zero-order chi connectivity index (χ0) is 30.6. The van der Waals surface area contributed by atoms with E-state index in [1.807, 2.05) is 48.5 Å². The Balaban J connectivity index is 1.09. The summed E-state index contributed by atoms with van der Waals surface area (Å²) in [6.07, 6.45) is 1.34. The number of nitrogens with one attached hydrogen (secondary N) is 1. The second-order valence-corrected chi connectivity index (χ2v) is 10.3. The molecule has 2 heterocycles. The highest BCUT2D eigenvalue weighted by molar-refractivity contribution is 6.30. The van der Waals surface area contributed by atoms with E-state index in [1.54, 1.807) is 0 Å². The minimum Gasteiger partial charge on any atom is -0.481 e. The molecule has 0 bridgehead atoms. The number of ether oxygens (including phenoxy) is 2. The molecule has 0 radical (unpaired) electrons. The predicted molar refractivity (Wildman–Crippen MR) is 155 cm³/mol. The number of fused-ring (bicyclic) bond motifs is 3. The largest absolute Gasteiger partial charge is 0.481 e. The van der Waals surface area contributed by atoms with Crippen molar-refractivity contribution in [3.8, 4) is 34.3 Å². The summed E-state index contributed by atoms with van der Waals surface area (Å²) in [5.74, 6) is -2.05. The molecular weight excluding hydrogens is 593 g/mol. The molecule has 0 fully saturated rings. The highest BCUT2D eigenvalue weighted by Gasteiger charge is 2.29. The number of carboxylic acids is 1. The second-order valence-electron chi connectivity index (χ2n) is 9.91. The Morgan fingerprint density at radius 2 is 1.70 bits per heavy atom. The van der Waals surface area contributed by atoms with Crippen LogP contribution < -0.4 is 10.1 Å². The predicted octanol–water partition coefficient (Wildman–Crippen LogP) is 6.04. The van der Waals surface area contributed by atoms with Gasteiger partial charge in [0, 0.05) is 17.9 Å². The van der Waals surface area contributed by atoms with Crippen molar-refractivity contribution in [2.45, 2.75) is 24.8 Å². The lowest BCUT2D eigenvalue weighted by Gasteiger charge is -2.18. The van der Waals surface area contributed by atoms with E-state index < -0.39 is 30.3 Å². The van der Waals surface area contributed by atoms with Crippen molar-refractivity contribution in [1.29, 1.82) is 0 Å². The average molecular weight is 616 g/mol. The standard InChI is InChI=1S/C31H23ClFN5O6/c32-18-14-34-30(35-15-18)43-26-10-9-17(11-25(26)33)29-37-27(44-38-29)12-19(13-28(39)40)36-31(41)42-16-24-22-7-3-1-5-20(22)21-6-2-4-8-23(21)24/h1-11,14-15,19,24H,12-13,16H2,(H,36,41)(H,39,40). The molecule has 2 N–H and O–H groups in total. The summed E-state index contributed by atoms with van der Waals surface area (Å²) in [5.41, 5.74) is 4.56. The molecule has 2 aromatic heterocycles. The van der Waals surface area contributed by atoms with E-state index in [2.05, 4.69) is 25.4 Å². The van der Waals surface area contributed by atoms with Crippen molar-refractivity contribution >= 4 is 23.7 Å². The van der Waals surface area contributed by atoms with Crippen LogP contribution in [0.5, 0.6) is 11.8 Å². The highest BCUT2D eigenvalue weighted by atomic mass is 35.5. The zero-order valence-electron chi connectivity index (χ0n) is 22.8. The van der Waals surface area contributed by atoms with Crippen LogP contribution in [0, 0.1) is 5.82 Å². The molecule has 1 atom stereocenters. The number of carboxylic acid groups (broad SMARTS) is 1. The summed E-state index contributed by atoms with van der Waals surface area (Å²) in [7, 11) is 0. The molecule has 5 aromatic rings. The maximum Gasteiger partial charge on any atom is 0.407 e. The molecule has 1 aliphatic carbocycles. The normalized spacial score (nSPS) is 12.7. The Bertz CT molecular complexity index is 1790. The molecule has 6 rings (SSSR count). The first-order chi connectivity index (χ1) is 21.3. The van der Waals surface area contributed by atoms with E-state index in [4.69, 9.17) is 25.6 Å². The molecule has 11 nitrogen and oxygen atoms in total. The number of hydrogen-bond donors (Lipinski definition) is 2. The van der Waals surface area contributed by atoms with Crippen LogP contribution in [0.2, 0.25) is 5.02 Å². The van der Waals surface area contributed by atoms with Crippen molar-refractivity contribution in [3.63, 3.8) is 0 Å². The van der Waals surface area contributed by atoms with Crippen molar-refractivity contribution in [3.05, 3.63) is 107 Å². The zero-order valence-corrected chi connectivity index (χ0v) is 23.6. The van der Waals surface area contributed by atoms with Crippen LogP contribution in [-0.4, -0.2) is 49.9 Å². The molecular formula is C31H23ClFN5O6. The first-order valence-electron chi connectivity index (χ1n) is 13.4. The number of carbonyl (C=O) groups is 2. The highest BCUT2D eigenvalue weighted by Crippen LogP contribution is 2.44. The lowest BCUT2D eigenvalue weighted by molar-refractivity contribution is -0.137. The topological polar surface area (TPSA) is 150 Å². The Morgan fingerprint density at radius 1 is 1.02 bits per heavy atom. The second kappa shape index (κ2) is 12.5. The lowest BCUT2D eigenvalue weighted by atomic mass is 9.98. The van der Waals surface area contributed by atoms with E-state index in [9.17, 15) is 19.1 Å². The number of nitrogens with zero attached hydrogens (tertiary/aromatic N) is 4. The number of halogens is 2. The first-order valence-corrected chi connectivity index (χ1v) is 13.8. The molecule has 0 aliphatic heterocycles. The number of alkyl carbamates (subject to hydrolysis) is 1. The lowest BCUT2D eigenvalue weighted by Crippen LogP contribution is -2.39. The van der Waals surface area contributed by atoms with Gasteiger partial charge < -0.3 is 24.4 Å². The van der Waals surface area contributed by atoms with E-state index in [0.29, 0.717) is 5.02 Å². The summed E-state index contributed by atoms with van der Waals surface area (Å²) in [6, 6.07) is 18.9. The summed E-state index contributed by atoms with van der Waals surface area (Å²) in [5, 5.41) is 16.2. The summed E-state index contributed by atoms with van der Waals surface area (Å²) < 4.78 is 30.9. The summed E-state index contributed by atoms with van der Waals surface area (Å²) >= 11 is 5.75. The van der Waals surface area contributed by atoms with Crippen molar-refractivity contribution in [2.24, 2.45) is 0 Å².